The first kappa shape index (κ1) is 15.7. The van der Waals surface area contributed by atoms with E-state index >= 15 is 0 Å². The number of halogens is 3. The van der Waals surface area contributed by atoms with Gasteiger partial charge in [-0.3, -0.25) is 10.1 Å². The van der Waals surface area contributed by atoms with Crippen LogP contribution in [0.4, 0.5) is 24.7 Å². The first-order valence-electron chi connectivity index (χ1n) is 5.19. The summed E-state index contributed by atoms with van der Waals surface area (Å²) in [6.45, 7) is 1.67. The molecule has 0 radical (unpaired) electrons. The van der Waals surface area contributed by atoms with Gasteiger partial charge in [0.15, 0.2) is 0 Å². The van der Waals surface area contributed by atoms with Crippen LogP contribution in [0.25, 0.3) is 0 Å². The number of alkyl halides is 3. The molecule has 1 atom stereocenters. The number of nitrogens with zero attached hydrogens (tertiary/aromatic N) is 2. The van der Waals surface area contributed by atoms with E-state index in [1.54, 1.807) is 5.32 Å². The van der Waals surface area contributed by atoms with Crippen LogP contribution in [-0.2, 0) is 4.79 Å². The van der Waals surface area contributed by atoms with Gasteiger partial charge in [-0.05, 0) is 19.9 Å². The van der Waals surface area contributed by atoms with Crippen molar-refractivity contribution in [1.29, 1.82) is 0 Å². The summed E-state index contributed by atoms with van der Waals surface area (Å²) in [5.74, 6) is -2.97. The van der Waals surface area contributed by atoms with Crippen LogP contribution in [0.3, 0.4) is 0 Å². The van der Waals surface area contributed by atoms with Crippen LogP contribution in [0.2, 0.25) is 0 Å². The number of hydrogen-bond acceptors (Lipinski definition) is 5. The van der Waals surface area contributed by atoms with Crippen LogP contribution in [-0.4, -0.2) is 32.7 Å². The van der Waals surface area contributed by atoms with E-state index in [1.807, 2.05) is 0 Å². The summed E-state index contributed by atoms with van der Waals surface area (Å²) in [5, 5.41) is 21.2. The summed E-state index contributed by atoms with van der Waals surface area (Å²) in [6.07, 6.45) is -4.12. The van der Waals surface area contributed by atoms with Gasteiger partial charge in [-0.2, -0.15) is 13.2 Å². The average molecular weight is 293 g/mol. The molecule has 20 heavy (non-hydrogen) atoms. The summed E-state index contributed by atoms with van der Waals surface area (Å²) < 4.78 is 38.5. The van der Waals surface area contributed by atoms with Crippen LogP contribution in [0.15, 0.2) is 12.3 Å². The Bertz CT molecular complexity index is 561. The quantitative estimate of drug-likeness (QED) is 0.650. The van der Waals surface area contributed by atoms with E-state index in [1.165, 1.54) is 13.0 Å². The first-order chi connectivity index (χ1) is 9.00. The number of rotatable bonds is 4. The Hall–Kier alpha value is -2.39. The van der Waals surface area contributed by atoms with E-state index < -0.39 is 34.1 Å². The van der Waals surface area contributed by atoms with E-state index in [4.69, 9.17) is 5.11 Å². The zero-order valence-electron chi connectivity index (χ0n) is 10.4. The zero-order chi connectivity index (χ0) is 15.7. The molecule has 0 bridgehead atoms. The predicted octanol–water partition coefficient (Wildman–Crippen LogP) is 2.12. The predicted molar refractivity (Wildman–Crippen MR) is 61.3 cm³/mol. The van der Waals surface area contributed by atoms with Gasteiger partial charge < -0.3 is 10.4 Å². The first-order valence-corrected chi connectivity index (χ1v) is 5.19. The number of aromatic nitrogens is 1. The maximum atomic E-state index is 12.8. The summed E-state index contributed by atoms with van der Waals surface area (Å²) in [7, 11) is 0. The number of anilines is 1. The van der Waals surface area contributed by atoms with Crippen molar-refractivity contribution in [1.82, 2.24) is 4.98 Å². The van der Waals surface area contributed by atoms with Gasteiger partial charge in [-0.15, -0.1) is 0 Å². The summed E-state index contributed by atoms with van der Waals surface area (Å²) in [5.41, 5.74) is -4.04. The second-order valence-corrected chi connectivity index (χ2v) is 4.14. The minimum absolute atomic E-state index is 0.0578. The third kappa shape index (κ3) is 2.63. The molecular formula is C10H10F3N3O4. The number of hydrogen-bond donors (Lipinski definition) is 2. The lowest BCUT2D eigenvalue weighted by atomic mass is 10.0. The second-order valence-electron chi connectivity index (χ2n) is 4.14. The van der Waals surface area contributed by atoms with Crippen molar-refractivity contribution in [2.45, 2.75) is 25.6 Å². The molecule has 1 unspecified atom stereocenters. The minimum atomic E-state index is -5.17. The number of carbonyl (C=O) groups is 1. The van der Waals surface area contributed by atoms with Crippen molar-refractivity contribution in [2.75, 3.05) is 5.32 Å². The van der Waals surface area contributed by atoms with Crippen LogP contribution in [0, 0.1) is 17.0 Å². The number of nitro groups is 1. The molecule has 10 heteroatoms. The molecule has 0 saturated heterocycles. The molecule has 0 saturated carbocycles. The lowest BCUT2D eigenvalue weighted by molar-refractivity contribution is -0.384. The topological polar surface area (TPSA) is 105 Å². The van der Waals surface area contributed by atoms with E-state index in [-0.39, 0.29) is 5.56 Å². The summed E-state index contributed by atoms with van der Waals surface area (Å²) >= 11 is 0. The normalized spacial score (nSPS) is 14.4. The van der Waals surface area contributed by atoms with E-state index in [2.05, 4.69) is 4.98 Å². The van der Waals surface area contributed by atoms with Gasteiger partial charge in [0.2, 0.25) is 11.4 Å². The van der Waals surface area contributed by atoms with Gasteiger partial charge in [-0.1, -0.05) is 0 Å². The Morgan fingerprint density at radius 3 is 2.45 bits per heavy atom. The van der Waals surface area contributed by atoms with Gasteiger partial charge in [0.05, 0.1) is 4.92 Å². The molecule has 110 valence electrons. The van der Waals surface area contributed by atoms with Crippen molar-refractivity contribution >= 4 is 17.5 Å². The standard InChI is InChI=1S/C10H10F3N3O4/c1-5-3-4-14-7(6(5)16(19)20)15-9(2,8(17)18)10(11,12)13/h3-4H,1-2H3,(H,14,15)(H,17,18). The minimum Gasteiger partial charge on any atom is -0.479 e. The Kier molecular flexibility index (Phi) is 3.87. The fraction of sp³-hybridized carbons (Fsp3) is 0.400. The molecule has 0 spiro atoms. The number of pyridine rings is 1. The Labute approximate surface area is 110 Å². The van der Waals surface area contributed by atoms with Crippen molar-refractivity contribution in [3.63, 3.8) is 0 Å². The van der Waals surface area contributed by atoms with Gasteiger partial charge in [0.1, 0.15) is 0 Å². The Morgan fingerprint density at radius 2 is 2.05 bits per heavy atom. The highest BCUT2D eigenvalue weighted by Gasteiger charge is 2.58. The van der Waals surface area contributed by atoms with Gasteiger partial charge in [0.25, 0.3) is 0 Å². The second kappa shape index (κ2) is 4.94. The highest BCUT2D eigenvalue weighted by molar-refractivity contribution is 5.84. The van der Waals surface area contributed by atoms with Gasteiger partial charge in [0, 0.05) is 11.8 Å². The molecule has 1 heterocycles. The fourth-order valence-electron chi connectivity index (χ4n) is 1.35. The summed E-state index contributed by atoms with van der Waals surface area (Å²) in [4.78, 5) is 24.2. The van der Waals surface area contributed by atoms with Crippen LogP contribution in [0.5, 0.6) is 0 Å². The monoisotopic (exact) mass is 293 g/mol. The van der Waals surface area contributed by atoms with Gasteiger partial charge >= 0.3 is 17.8 Å². The third-order valence-electron chi connectivity index (χ3n) is 2.67. The lowest BCUT2D eigenvalue weighted by Crippen LogP contribution is -2.55. The molecule has 1 aromatic heterocycles. The Balaban J connectivity index is 3.38. The van der Waals surface area contributed by atoms with Crippen LogP contribution >= 0.6 is 0 Å². The molecule has 0 aliphatic carbocycles. The molecule has 1 aromatic rings. The molecule has 2 N–H and O–H groups in total. The van der Waals surface area contributed by atoms with E-state index in [0.29, 0.717) is 6.92 Å². The molecule has 0 fully saturated rings. The van der Waals surface area contributed by atoms with Crippen molar-refractivity contribution in [3.8, 4) is 0 Å². The maximum absolute atomic E-state index is 12.8. The van der Waals surface area contributed by atoms with Crippen molar-refractivity contribution in [2.24, 2.45) is 0 Å². The molecule has 0 aliphatic rings. The molecular weight excluding hydrogens is 283 g/mol. The smallest absolute Gasteiger partial charge is 0.422 e. The highest BCUT2D eigenvalue weighted by atomic mass is 19.4. The average Bonchev–Trinajstić information content (AvgIpc) is 2.26. The number of carboxylic acids is 1. The molecule has 1 rings (SSSR count). The third-order valence-corrected chi connectivity index (χ3v) is 2.67. The van der Waals surface area contributed by atoms with Gasteiger partial charge in [-0.25, -0.2) is 9.78 Å². The number of aryl methyl sites for hydroxylation is 1. The SMILES string of the molecule is Cc1ccnc(NC(C)(C(=O)O)C(F)(F)F)c1[N+](=O)[O-]. The van der Waals surface area contributed by atoms with Crippen molar-refractivity contribution in [3.05, 3.63) is 27.9 Å². The molecule has 0 amide bonds. The van der Waals surface area contributed by atoms with E-state index in [9.17, 15) is 28.1 Å². The number of carboxylic acid groups (broad SMARTS) is 1. The largest absolute Gasteiger partial charge is 0.479 e. The fourth-order valence-corrected chi connectivity index (χ4v) is 1.35. The molecule has 0 aliphatic heterocycles. The van der Waals surface area contributed by atoms with Crippen LogP contribution < -0.4 is 5.32 Å². The number of nitrogens with one attached hydrogen (secondary N) is 1. The highest BCUT2D eigenvalue weighted by Crippen LogP contribution is 2.36. The van der Waals surface area contributed by atoms with E-state index in [0.717, 1.165) is 6.20 Å². The lowest BCUT2D eigenvalue weighted by Gasteiger charge is -2.28. The van der Waals surface area contributed by atoms with Crippen LogP contribution in [0.1, 0.15) is 12.5 Å². The molecule has 7 nitrogen and oxygen atoms in total. The van der Waals surface area contributed by atoms with Crippen molar-refractivity contribution < 1.29 is 28.0 Å². The number of aliphatic carboxylic acids is 1. The Morgan fingerprint density at radius 1 is 1.50 bits per heavy atom. The summed E-state index contributed by atoms with van der Waals surface area (Å²) in [6, 6.07) is 1.23. The molecule has 0 aromatic carbocycles. The zero-order valence-corrected chi connectivity index (χ0v) is 10.4. The maximum Gasteiger partial charge on any atom is 0.422 e.